The molecular weight excluding hydrogens is 420 g/mol. The van der Waals surface area contributed by atoms with Gasteiger partial charge in [-0.05, 0) is 48.8 Å². The monoisotopic (exact) mass is 439 g/mol. The number of nitrogens with one attached hydrogen (secondary N) is 1. The molecule has 28 heavy (non-hydrogen) atoms. The summed E-state index contributed by atoms with van der Waals surface area (Å²) in [5.74, 6) is -0.136. The van der Waals surface area contributed by atoms with Gasteiger partial charge in [0.05, 0.1) is 17.2 Å². The average molecular weight is 440 g/mol. The number of hydrogen-bond donors (Lipinski definition) is 1. The van der Waals surface area contributed by atoms with Crippen LogP contribution in [-0.4, -0.2) is 37.1 Å². The van der Waals surface area contributed by atoms with Crippen LogP contribution in [0.15, 0.2) is 41.3 Å². The summed E-state index contributed by atoms with van der Waals surface area (Å²) in [6.45, 7) is 5.79. The van der Waals surface area contributed by atoms with Crippen LogP contribution in [0, 0.1) is 22.6 Å². The van der Waals surface area contributed by atoms with Gasteiger partial charge in [-0.2, -0.15) is 5.26 Å². The van der Waals surface area contributed by atoms with Crippen molar-refractivity contribution in [3.8, 4) is 11.8 Å². The Hall–Kier alpha value is -1.49. The topological polar surface area (TPSA) is 48.3 Å². The molecule has 0 spiro atoms. The first kappa shape index (κ1) is 21.2. The summed E-state index contributed by atoms with van der Waals surface area (Å²) in [5, 5.41) is 13.5. The molecule has 0 saturated carbocycles. The Morgan fingerprint density at radius 2 is 2.07 bits per heavy atom. The Balaban J connectivity index is 1.61. The van der Waals surface area contributed by atoms with Crippen LogP contribution in [0.2, 0.25) is 10.0 Å². The normalized spacial score (nSPS) is 15.7. The van der Waals surface area contributed by atoms with E-state index in [2.05, 4.69) is 16.5 Å². The number of halogens is 3. The number of benzene rings is 2. The molecule has 0 aliphatic carbocycles. The van der Waals surface area contributed by atoms with Gasteiger partial charge in [-0.15, -0.1) is 0 Å². The highest BCUT2D eigenvalue weighted by Gasteiger charge is 2.44. The van der Waals surface area contributed by atoms with Crippen LogP contribution in [0.1, 0.15) is 12.5 Å². The summed E-state index contributed by atoms with van der Waals surface area (Å²) >= 11 is 13.8. The second kappa shape index (κ2) is 9.34. The standard InChI is InChI=1S/C20H20Cl2FN3OS/c1-2-25-10-20(13-27-16-5-3-14(9-24)18(23)8-16)11-26(12-20)28-19-6-4-15(21)7-17(19)22/h3-8,25H,2,10-13H2,1H3. The molecule has 1 heterocycles. The van der Waals surface area contributed by atoms with Gasteiger partial charge in [-0.25, -0.2) is 8.70 Å². The van der Waals surface area contributed by atoms with Gasteiger partial charge in [0.15, 0.2) is 0 Å². The van der Waals surface area contributed by atoms with Gasteiger partial charge in [0, 0.05) is 41.0 Å². The van der Waals surface area contributed by atoms with Gasteiger partial charge in [0.2, 0.25) is 0 Å². The lowest BCUT2D eigenvalue weighted by Gasteiger charge is -2.49. The van der Waals surface area contributed by atoms with Crippen LogP contribution in [0.3, 0.4) is 0 Å². The average Bonchev–Trinajstić information content (AvgIpc) is 2.64. The van der Waals surface area contributed by atoms with Crippen molar-refractivity contribution in [2.75, 3.05) is 32.8 Å². The Bertz CT molecular complexity index is 884. The fourth-order valence-corrected chi connectivity index (χ4v) is 4.75. The lowest BCUT2D eigenvalue weighted by atomic mass is 9.82. The van der Waals surface area contributed by atoms with Crippen LogP contribution < -0.4 is 10.1 Å². The summed E-state index contributed by atoms with van der Waals surface area (Å²) in [6, 6.07) is 11.6. The van der Waals surface area contributed by atoms with E-state index in [4.69, 9.17) is 33.2 Å². The van der Waals surface area contributed by atoms with E-state index in [1.54, 1.807) is 24.1 Å². The first-order valence-corrected chi connectivity index (χ1v) is 10.4. The van der Waals surface area contributed by atoms with Crippen molar-refractivity contribution in [2.45, 2.75) is 11.8 Å². The Labute approximate surface area is 178 Å². The predicted molar refractivity (Wildman–Crippen MR) is 111 cm³/mol. The number of rotatable bonds is 8. The molecule has 148 valence electrons. The maximum absolute atomic E-state index is 13.8. The fraction of sp³-hybridized carbons (Fsp3) is 0.350. The summed E-state index contributed by atoms with van der Waals surface area (Å²) in [5.41, 5.74) is -0.0625. The SMILES string of the molecule is CCNCC1(COc2ccc(C#N)c(F)c2)CN(Sc2ccc(Cl)cc2Cl)C1. The Morgan fingerprint density at radius 1 is 1.29 bits per heavy atom. The summed E-state index contributed by atoms with van der Waals surface area (Å²) in [7, 11) is 0. The van der Waals surface area contributed by atoms with E-state index >= 15 is 0 Å². The molecular formula is C20H20Cl2FN3OS. The van der Waals surface area contributed by atoms with E-state index in [0.29, 0.717) is 22.4 Å². The molecule has 1 aliphatic rings. The van der Waals surface area contributed by atoms with Gasteiger partial charge in [-0.1, -0.05) is 30.1 Å². The predicted octanol–water partition coefficient (Wildman–Crippen LogP) is 5.00. The maximum atomic E-state index is 13.8. The number of ether oxygens (including phenoxy) is 1. The van der Waals surface area contributed by atoms with E-state index < -0.39 is 5.82 Å². The van der Waals surface area contributed by atoms with Gasteiger partial charge >= 0.3 is 0 Å². The zero-order valence-corrected chi connectivity index (χ0v) is 17.7. The highest BCUT2D eigenvalue weighted by molar-refractivity contribution is 7.97. The molecule has 1 aliphatic heterocycles. The van der Waals surface area contributed by atoms with Gasteiger partial charge in [0.1, 0.15) is 17.6 Å². The fourth-order valence-electron chi connectivity index (χ4n) is 3.01. The minimum absolute atomic E-state index is 0.0146. The van der Waals surface area contributed by atoms with Gasteiger partial charge < -0.3 is 10.1 Å². The van der Waals surface area contributed by atoms with Crippen molar-refractivity contribution in [1.29, 1.82) is 5.26 Å². The van der Waals surface area contributed by atoms with Gasteiger partial charge in [-0.3, -0.25) is 0 Å². The van der Waals surface area contributed by atoms with Crippen LogP contribution >= 0.6 is 35.1 Å². The molecule has 1 fully saturated rings. The summed E-state index contributed by atoms with van der Waals surface area (Å²) < 4.78 is 21.9. The summed E-state index contributed by atoms with van der Waals surface area (Å²) in [6.07, 6.45) is 0. The molecule has 0 amide bonds. The molecule has 2 aromatic carbocycles. The molecule has 1 saturated heterocycles. The summed E-state index contributed by atoms with van der Waals surface area (Å²) in [4.78, 5) is 0.957. The molecule has 8 heteroatoms. The maximum Gasteiger partial charge on any atom is 0.144 e. The third kappa shape index (κ3) is 5.11. The molecule has 3 rings (SSSR count). The number of hydrogen-bond acceptors (Lipinski definition) is 5. The van der Waals surface area contributed by atoms with E-state index in [1.165, 1.54) is 12.1 Å². The Morgan fingerprint density at radius 3 is 2.71 bits per heavy atom. The van der Waals surface area contributed by atoms with Gasteiger partial charge in [0.25, 0.3) is 0 Å². The molecule has 1 N–H and O–H groups in total. The van der Waals surface area contributed by atoms with Crippen molar-refractivity contribution >= 4 is 35.1 Å². The third-order valence-corrected chi connectivity index (χ3v) is 6.23. The lowest BCUT2D eigenvalue weighted by Crippen LogP contribution is -2.60. The van der Waals surface area contributed by atoms with Crippen molar-refractivity contribution in [3.05, 3.63) is 57.8 Å². The van der Waals surface area contributed by atoms with Crippen molar-refractivity contribution in [2.24, 2.45) is 5.41 Å². The quantitative estimate of drug-likeness (QED) is 0.586. The molecule has 0 aromatic heterocycles. The minimum Gasteiger partial charge on any atom is -0.493 e. The second-order valence-corrected chi connectivity index (χ2v) is 8.77. The van der Waals surface area contributed by atoms with E-state index in [9.17, 15) is 4.39 Å². The minimum atomic E-state index is -0.566. The number of nitrogens with zero attached hydrogens (tertiary/aromatic N) is 2. The van der Waals surface area contributed by atoms with Crippen LogP contribution in [0.5, 0.6) is 5.75 Å². The lowest BCUT2D eigenvalue weighted by molar-refractivity contribution is 0.0261. The largest absolute Gasteiger partial charge is 0.493 e. The van der Waals surface area contributed by atoms with E-state index in [-0.39, 0.29) is 11.0 Å². The van der Waals surface area contributed by atoms with E-state index in [1.807, 2.05) is 18.2 Å². The molecule has 4 nitrogen and oxygen atoms in total. The van der Waals surface area contributed by atoms with Crippen molar-refractivity contribution < 1.29 is 9.13 Å². The zero-order chi connectivity index (χ0) is 20.1. The highest BCUT2D eigenvalue weighted by atomic mass is 35.5. The first-order valence-electron chi connectivity index (χ1n) is 8.86. The van der Waals surface area contributed by atoms with Crippen molar-refractivity contribution in [1.82, 2.24) is 9.62 Å². The van der Waals surface area contributed by atoms with Crippen molar-refractivity contribution in [3.63, 3.8) is 0 Å². The van der Waals surface area contributed by atoms with Crippen LogP contribution in [0.4, 0.5) is 4.39 Å². The molecule has 0 atom stereocenters. The number of nitriles is 1. The Kier molecular flexibility index (Phi) is 7.08. The first-order chi connectivity index (χ1) is 13.4. The van der Waals surface area contributed by atoms with Crippen LogP contribution in [-0.2, 0) is 0 Å². The second-order valence-electron chi connectivity index (χ2n) is 6.79. The van der Waals surface area contributed by atoms with E-state index in [0.717, 1.165) is 31.1 Å². The van der Waals surface area contributed by atoms with Crippen LogP contribution in [0.25, 0.3) is 0 Å². The molecule has 0 bridgehead atoms. The zero-order valence-electron chi connectivity index (χ0n) is 15.3. The highest BCUT2D eigenvalue weighted by Crippen LogP contribution is 2.41. The molecule has 0 unspecified atom stereocenters. The molecule has 2 aromatic rings. The smallest absolute Gasteiger partial charge is 0.144 e. The molecule has 0 radical (unpaired) electrons. The third-order valence-electron chi connectivity index (χ3n) is 4.50.